The average Bonchev–Trinajstić information content (AvgIpc) is 1.85. The van der Waals surface area contributed by atoms with Gasteiger partial charge in [0.1, 0.15) is 0 Å². The molecule has 59 valence electrons. The van der Waals surface area contributed by atoms with Crippen molar-refractivity contribution in [2.75, 3.05) is 13.3 Å². The summed E-state index contributed by atoms with van der Waals surface area (Å²) < 4.78 is 8.76. The zero-order valence-corrected chi connectivity index (χ0v) is 6.22. The molecule has 0 heterocycles. The molecule has 10 heavy (non-hydrogen) atoms. The van der Waals surface area contributed by atoms with E-state index in [9.17, 15) is 4.79 Å². The average molecular weight is 146 g/mol. The summed E-state index contributed by atoms with van der Waals surface area (Å²) in [5.74, 6) is 0.304. The van der Waals surface area contributed by atoms with E-state index in [1.807, 2.05) is 13.8 Å². The van der Waals surface area contributed by atoms with Crippen LogP contribution in [0.3, 0.4) is 0 Å². The SMILES string of the molecule is CC(C)COC(=O)OC[NH]. The van der Waals surface area contributed by atoms with E-state index in [-0.39, 0.29) is 6.73 Å². The third kappa shape index (κ3) is 5.37. The highest BCUT2D eigenvalue weighted by Crippen LogP contribution is 1.93. The summed E-state index contributed by atoms with van der Waals surface area (Å²) >= 11 is 0. The van der Waals surface area contributed by atoms with Crippen LogP contribution in [0, 0.1) is 5.92 Å². The van der Waals surface area contributed by atoms with Gasteiger partial charge in [-0.2, -0.15) is 0 Å². The second kappa shape index (κ2) is 5.05. The van der Waals surface area contributed by atoms with Crippen molar-refractivity contribution in [3.05, 3.63) is 0 Å². The lowest BCUT2D eigenvalue weighted by molar-refractivity contribution is 0.0481. The van der Waals surface area contributed by atoms with Crippen LogP contribution < -0.4 is 5.73 Å². The Balaban J connectivity index is 3.22. The molecule has 1 N–H and O–H groups in total. The lowest BCUT2D eigenvalue weighted by Crippen LogP contribution is -2.12. The molecule has 0 bridgehead atoms. The summed E-state index contributed by atoms with van der Waals surface area (Å²) in [6, 6.07) is 0. The van der Waals surface area contributed by atoms with Crippen LogP contribution in [0.5, 0.6) is 0 Å². The monoisotopic (exact) mass is 146 g/mol. The van der Waals surface area contributed by atoms with Crippen LogP contribution >= 0.6 is 0 Å². The quantitative estimate of drug-likeness (QED) is 0.559. The Labute approximate surface area is 60.3 Å². The van der Waals surface area contributed by atoms with Gasteiger partial charge >= 0.3 is 6.16 Å². The molecular weight excluding hydrogens is 134 g/mol. The van der Waals surface area contributed by atoms with E-state index in [1.165, 1.54) is 0 Å². The fourth-order valence-corrected chi connectivity index (χ4v) is 0.335. The summed E-state index contributed by atoms with van der Waals surface area (Å²) in [4.78, 5) is 10.4. The van der Waals surface area contributed by atoms with Gasteiger partial charge in [-0.15, -0.1) is 0 Å². The van der Waals surface area contributed by atoms with Crippen molar-refractivity contribution in [1.29, 1.82) is 0 Å². The van der Waals surface area contributed by atoms with Crippen molar-refractivity contribution in [3.63, 3.8) is 0 Å². The fraction of sp³-hybridized carbons (Fsp3) is 0.833. The van der Waals surface area contributed by atoms with Gasteiger partial charge in [0.05, 0.1) is 6.61 Å². The largest absolute Gasteiger partial charge is 0.509 e. The smallest absolute Gasteiger partial charge is 0.434 e. The number of carbonyl (C=O) groups is 1. The molecule has 4 nitrogen and oxygen atoms in total. The van der Waals surface area contributed by atoms with Crippen molar-refractivity contribution >= 4 is 6.16 Å². The molecule has 4 heteroatoms. The minimum absolute atomic E-state index is 0.304. The summed E-state index contributed by atoms with van der Waals surface area (Å²) in [5.41, 5.74) is 6.50. The highest BCUT2D eigenvalue weighted by Gasteiger charge is 2.02. The number of hydrogen-bond donors (Lipinski definition) is 0. The second-order valence-electron chi connectivity index (χ2n) is 2.24. The van der Waals surface area contributed by atoms with Gasteiger partial charge in [-0.3, -0.25) is 0 Å². The molecule has 0 amide bonds. The Bertz CT molecular complexity index is 103. The fourth-order valence-electron chi connectivity index (χ4n) is 0.335. The second-order valence-corrected chi connectivity index (χ2v) is 2.24. The van der Waals surface area contributed by atoms with E-state index in [4.69, 9.17) is 5.73 Å². The first kappa shape index (κ1) is 9.23. The third-order valence-corrected chi connectivity index (χ3v) is 0.725. The molecule has 0 aliphatic carbocycles. The topological polar surface area (TPSA) is 59.3 Å². The molecule has 0 aliphatic rings. The highest BCUT2D eigenvalue weighted by molar-refractivity contribution is 5.59. The van der Waals surface area contributed by atoms with Crippen molar-refractivity contribution in [1.82, 2.24) is 5.73 Å². The van der Waals surface area contributed by atoms with E-state index in [2.05, 4.69) is 9.47 Å². The maximum absolute atomic E-state index is 10.4. The van der Waals surface area contributed by atoms with E-state index in [0.29, 0.717) is 12.5 Å². The maximum Gasteiger partial charge on any atom is 0.509 e. The Morgan fingerprint density at radius 3 is 2.50 bits per heavy atom. The minimum Gasteiger partial charge on any atom is -0.434 e. The first-order valence-corrected chi connectivity index (χ1v) is 3.11. The number of nitrogens with one attached hydrogen (secondary N) is 1. The molecule has 0 aromatic heterocycles. The molecule has 0 atom stereocenters. The van der Waals surface area contributed by atoms with Crippen LogP contribution in [-0.4, -0.2) is 19.5 Å². The van der Waals surface area contributed by atoms with Gasteiger partial charge in [-0.05, 0) is 5.92 Å². The van der Waals surface area contributed by atoms with Gasteiger partial charge in [0.25, 0.3) is 0 Å². The van der Waals surface area contributed by atoms with Crippen LogP contribution in [0.4, 0.5) is 4.79 Å². The lowest BCUT2D eigenvalue weighted by Gasteiger charge is -2.05. The molecule has 0 aromatic rings. The first-order chi connectivity index (χ1) is 4.66. The Morgan fingerprint density at radius 1 is 1.50 bits per heavy atom. The zero-order valence-electron chi connectivity index (χ0n) is 6.22. The molecular formula is C6H12NO3. The van der Waals surface area contributed by atoms with Crippen LogP contribution in [0.25, 0.3) is 0 Å². The first-order valence-electron chi connectivity index (χ1n) is 3.11. The normalized spacial score (nSPS) is 9.60. The summed E-state index contributed by atoms with van der Waals surface area (Å²) in [6.07, 6.45) is -0.760. The lowest BCUT2D eigenvalue weighted by atomic mass is 10.2. The van der Waals surface area contributed by atoms with Gasteiger partial charge in [0.15, 0.2) is 6.73 Å². The number of carbonyl (C=O) groups excluding carboxylic acids is 1. The Kier molecular flexibility index (Phi) is 4.66. The van der Waals surface area contributed by atoms with Gasteiger partial charge in [-0.25, -0.2) is 10.5 Å². The minimum atomic E-state index is -0.760. The van der Waals surface area contributed by atoms with E-state index in [1.54, 1.807) is 0 Å². The van der Waals surface area contributed by atoms with Crippen molar-refractivity contribution in [2.45, 2.75) is 13.8 Å². The van der Waals surface area contributed by atoms with Crippen molar-refractivity contribution < 1.29 is 14.3 Å². The predicted molar refractivity (Wildman–Crippen MR) is 35.2 cm³/mol. The summed E-state index contributed by atoms with van der Waals surface area (Å²) in [5, 5.41) is 0. The molecule has 0 unspecified atom stereocenters. The summed E-state index contributed by atoms with van der Waals surface area (Å²) in [7, 11) is 0. The Hall–Kier alpha value is -0.770. The maximum atomic E-state index is 10.4. The van der Waals surface area contributed by atoms with Crippen molar-refractivity contribution in [2.24, 2.45) is 5.92 Å². The molecule has 0 aliphatic heterocycles. The highest BCUT2D eigenvalue weighted by atomic mass is 16.7. The third-order valence-electron chi connectivity index (χ3n) is 0.725. The van der Waals surface area contributed by atoms with Crippen LogP contribution in [-0.2, 0) is 9.47 Å². The zero-order chi connectivity index (χ0) is 7.98. The van der Waals surface area contributed by atoms with Crippen molar-refractivity contribution in [3.8, 4) is 0 Å². The molecule has 0 aromatic carbocycles. The standard InChI is InChI=1S/C6H12NO3/c1-5(2)3-9-6(8)10-4-7/h5,7H,3-4H2,1-2H3. The molecule has 0 saturated carbocycles. The summed E-state index contributed by atoms with van der Waals surface area (Å²) in [6.45, 7) is 3.82. The number of ether oxygens (including phenoxy) is 2. The number of rotatable bonds is 3. The molecule has 0 spiro atoms. The van der Waals surface area contributed by atoms with E-state index >= 15 is 0 Å². The number of hydrogen-bond acceptors (Lipinski definition) is 3. The Morgan fingerprint density at radius 2 is 2.10 bits per heavy atom. The van der Waals surface area contributed by atoms with Gasteiger partial charge in [-0.1, -0.05) is 13.8 Å². The van der Waals surface area contributed by atoms with Crippen LogP contribution in [0.1, 0.15) is 13.8 Å². The van der Waals surface area contributed by atoms with Gasteiger partial charge in [0, 0.05) is 0 Å². The van der Waals surface area contributed by atoms with Crippen LogP contribution in [0.15, 0.2) is 0 Å². The molecule has 0 rings (SSSR count). The van der Waals surface area contributed by atoms with E-state index in [0.717, 1.165) is 0 Å². The molecule has 0 saturated heterocycles. The van der Waals surface area contributed by atoms with Gasteiger partial charge in [0.2, 0.25) is 0 Å². The predicted octanol–water partition coefficient (Wildman–Crippen LogP) is 1.04. The van der Waals surface area contributed by atoms with Gasteiger partial charge < -0.3 is 9.47 Å². The molecule has 1 radical (unpaired) electrons. The van der Waals surface area contributed by atoms with Crippen LogP contribution in [0.2, 0.25) is 0 Å². The molecule has 0 fully saturated rings. The van der Waals surface area contributed by atoms with E-state index < -0.39 is 6.16 Å².